The molecule has 1 aromatic heterocycles. The lowest BCUT2D eigenvalue weighted by Crippen LogP contribution is -2.20. The SMILES string of the molecule is CN(C)CCC(c1ccc(Cl)cc1)n1cc(N)cn1. The Bertz CT molecular complexity index is 518. The van der Waals surface area contributed by atoms with Gasteiger partial charge < -0.3 is 10.6 Å². The average Bonchev–Trinajstić information content (AvgIpc) is 2.78. The number of halogens is 1. The molecule has 0 saturated carbocycles. The monoisotopic (exact) mass is 278 g/mol. The summed E-state index contributed by atoms with van der Waals surface area (Å²) in [7, 11) is 4.13. The number of rotatable bonds is 5. The molecule has 4 nitrogen and oxygen atoms in total. The summed E-state index contributed by atoms with van der Waals surface area (Å²) < 4.78 is 1.92. The van der Waals surface area contributed by atoms with Gasteiger partial charge in [-0.05, 0) is 44.8 Å². The molecule has 0 aliphatic rings. The van der Waals surface area contributed by atoms with E-state index in [-0.39, 0.29) is 6.04 Å². The summed E-state index contributed by atoms with van der Waals surface area (Å²) in [5, 5.41) is 5.08. The zero-order valence-corrected chi connectivity index (χ0v) is 12.0. The molecule has 1 atom stereocenters. The van der Waals surface area contributed by atoms with Crippen molar-refractivity contribution in [2.75, 3.05) is 26.4 Å². The van der Waals surface area contributed by atoms with E-state index in [0.29, 0.717) is 5.69 Å². The van der Waals surface area contributed by atoms with Crippen LogP contribution in [0, 0.1) is 0 Å². The van der Waals surface area contributed by atoms with E-state index in [1.807, 2.05) is 35.1 Å². The Hall–Kier alpha value is -1.52. The van der Waals surface area contributed by atoms with Crippen LogP contribution in [-0.2, 0) is 0 Å². The van der Waals surface area contributed by atoms with Crippen molar-refractivity contribution in [2.24, 2.45) is 0 Å². The molecule has 2 rings (SSSR count). The molecule has 1 unspecified atom stereocenters. The van der Waals surface area contributed by atoms with E-state index in [0.717, 1.165) is 18.0 Å². The quantitative estimate of drug-likeness (QED) is 0.915. The summed E-state index contributed by atoms with van der Waals surface area (Å²) in [5.41, 5.74) is 7.63. The van der Waals surface area contributed by atoms with Gasteiger partial charge >= 0.3 is 0 Å². The summed E-state index contributed by atoms with van der Waals surface area (Å²) in [6.45, 7) is 0.979. The Labute approximate surface area is 118 Å². The molecule has 0 spiro atoms. The highest BCUT2D eigenvalue weighted by Crippen LogP contribution is 2.24. The van der Waals surface area contributed by atoms with Crippen LogP contribution in [0.1, 0.15) is 18.0 Å². The smallest absolute Gasteiger partial charge is 0.0781 e. The van der Waals surface area contributed by atoms with Crippen LogP contribution in [0.3, 0.4) is 0 Å². The summed E-state index contributed by atoms with van der Waals surface area (Å²) in [6.07, 6.45) is 4.52. The Morgan fingerprint density at radius 1 is 1.32 bits per heavy atom. The highest BCUT2D eigenvalue weighted by atomic mass is 35.5. The molecule has 0 bridgehead atoms. The van der Waals surface area contributed by atoms with Crippen LogP contribution < -0.4 is 5.73 Å². The maximum Gasteiger partial charge on any atom is 0.0781 e. The minimum absolute atomic E-state index is 0.178. The van der Waals surface area contributed by atoms with E-state index in [4.69, 9.17) is 17.3 Å². The van der Waals surface area contributed by atoms with Gasteiger partial charge in [0.05, 0.1) is 17.9 Å². The van der Waals surface area contributed by atoms with Crippen LogP contribution in [0.4, 0.5) is 5.69 Å². The zero-order valence-electron chi connectivity index (χ0n) is 11.3. The van der Waals surface area contributed by atoms with Crippen LogP contribution in [0.25, 0.3) is 0 Å². The van der Waals surface area contributed by atoms with Gasteiger partial charge in [0.25, 0.3) is 0 Å². The molecule has 0 fully saturated rings. The van der Waals surface area contributed by atoms with Crippen molar-refractivity contribution in [3.05, 3.63) is 47.2 Å². The molecule has 0 aliphatic heterocycles. The summed E-state index contributed by atoms with van der Waals surface area (Å²) in [4.78, 5) is 2.16. The zero-order chi connectivity index (χ0) is 13.8. The largest absolute Gasteiger partial charge is 0.396 e. The van der Waals surface area contributed by atoms with Gasteiger partial charge in [-0.25, -0.2) is 0 Å². The fourth-order valence-corrected chi connectivity index (χ4v) is 2.17. The lowest BCUT2D eigenvalue weighted by molar-refractivity contribution is 0.357. The molecule has 2 N–H and O–H groups in total. The predicted octanol–water partition coefficient (Wildman–Crippen LogP) is 2.66. The van der Waals surface area contributed by atoms with Crippen LogP contribution >= 0.6 is 11.6 Å². The lowest BCUT2D eigenvalue weighted by Gasteiger charge is -2.20. The van der Waals surface area contributed by atoms with Gasteiger partial charge in [-0.1, -0.05) is 23.7 Å². The maximum absolute atomic E-state index is 5.94. The molecular formula is C14H19ClN4. The Morgan fingerprint density at radius 3 is 2.53 bits per heavy atom. The lowest BCUT2D eigenvalue weighted by atomic mass is 10.0. The second-order valence-corrected chi connectivity index (χ2v) is 5.35. The summed E-state index contributed by atoms with van der Waals surface area (Å²) in [5.74, 6) is 0. The highest BCUT2D eigenvalue weighted by Gasteiger charge is 2.15. The Balaban J connectivity index is 2.25. The first kappa shape index (κ1) is 13.9. The molecule has 0 radical (unpaired) electrons. The fourth-order valence-electron chi connectivity index (χ4n) is 2.04. The Kier molecular flexibility index (Phi) is 4.45. The highest BCUT2D eigenvalue weighted by molar-refractivity contribution is 6.30. The third kappa shape index (κ3) is 3.72. The van der Waals surface area contributed by atoms with Crippen molar-refractivity contribution in [1.29, 1.82) is 0 Å². The van der Waals surface area contributed by atoms with Gasteiger partial charge in [-0.2, -0.15) is 5.10 Å². The van der Waals surface area contributed by atoms with Crippen molar-refractivity contribution >= 4 is 17.3 Å². The van der Waals surface area contributed by atoms with Crippen LogP contribution in [-0.4, -0.2) is 35.3 Å². The van der Waals surface area contributed by atoms with E-state index in [9.17, 15) is 0 Å². The number of aromatic nitrogens is 2. The van der Waals surface area contributed by atoms with E-state index in [1.54, 1.807) is 6.20 Å². The van der Waals surface area contributed by atoms with Crippen molar-refractivity contribution in [1.82, 2.24) is 14.7 Å². The maximum atomic E-state index is 5.94. The second-order valence-electron chi connectivity index (χ2n) is 4.91. The van der Waals surface area contributed by atoms with Gasteiger partial charge in [-0.3, -0.25) is 4.68 Å². The number of nitrogens with zero attached hydrogens (tertiary/aromatic N) is 3. The third-order valence-electron chi connectivity index (χ3n) is 3.05. The normalized spacial score (nSPS) is 12.8. The van der Waals surface area contributed by atoms with Crippen molar-refractivity contribution in [3.63, 3.8) is 0 Å². The molecule has 1 heterocycles. The topological polar surface area (TPSA) is 47.1 Å². The van der Waals surface area contributed by atoms with Crippen molar-refractivity contribution in [3.8, 4) is 0 Å². The molecule has 5 heteroatoms. The summed E-state index contributed by atoms with van der Waals surface area (Å²) >= 11 is 5.94. The van der Waals surface area contributed by atoms with E-state index in [1.165, 1.54) is 5.56 Å². The molecule has 19 heavy (non-hydrogen) atoms. The van der Waals surface area contributed by atoms with Crippen LogP contribution in [0.2, 0.25) is 5.02 Å². The third-order valence-corrected chi connectivity index (χ3v) is 3.30. The van der Waals surface area contributed by atoms with E-state index >= 15 is 0 Å². The van der Waals surface area contributed by atoms with Gasteiger partial charge in [0.1, 0.15) is 0 Å². The van der Waals surface area contributed by atoms with Gasteiger partial charge in [0, 0.05) is 11.2 Å². The molecule has 1 aromatic carbocycles. The first-order valence-electron chi connectivity index (χ1n) is 6.26. The van der Waals surface area contributed by atoms with Gasteiger partial charge in [0.15, 0.2) is 0 Å². The molecular weight excluding hydrogens is 260 g/mol. The van der Waals surface area contributed by atoms with E-state index in [2.05, 4.69) is 24.1 Å². The minimum Gasteiger partial charge on any atom is -0.396 e. The number of anilines is 1. The molecule has 0 amide bonds. The number of benzene rings is 1. The molecule has 0 aliphatic carbocycles. The molecule has 0 saturated heterocycles. The predicted molar refractivity (Wildman–Crippen MR) is 79.4 cm³/mol. The van der Waals surface area contributed by atoms with Gasteiger partial charge in [-0.15, -0.1) is 0 Å². The number of hydrogen-bond acceptors (Lipinski definition) is 3. The fraction of sp³-hybridized carbons (Fsp3) is 0.357. The summed E-state index contributed by atoms with van der Waals surface area (Å²) in [6, 6.07) is 8.08. The average molecular weight is 279 g/mol. The molecule has 2 aromatic rings. The van der Waals surface area contributed by atoms with Crippen molar-refractivity contribution < 1.29 is 0 Å². The number of nitrogen functional groups attached to an aromatic ring is 1. The van der Waals surface area contributed by atoms with E-state index < -0.39 is 0 Å². The number of hydrogen-bond donors (Lipinski definition) is 1. The number of nitrogens with two attached hydrogens (primary N) is 1. The van der Waals surface area contributed by atoms with Gasteiger partial charge in [0.2, 0.25) is 0 Å². The second kappa shape index (κ2) is 6.08. The first-order chi connectivity index (χ1) is 9.06. The van der Waals surface area contributed by atoms with Crippen LogP contribution in [0.5, 0.6) is 0 Å². The Morgan fingerprint density at radius 2 is 2.00 bits per heavy atom. The standard InChI is InChI=1S/C14H19ClN4/c1-18(2)8-7-14(19-10-13(16)9-17-19)11-3-5-12(15)6-4-11/h3-6,9-10,14H,7-8,16H2,1-2H3. The first-order valence-corrected chi connectivity index (χ1v) is 6.64. The minimum atomic E-state index is 0.178. The van der Waals surface area contributed by atoms with Crippen LogP contribution in [0.15, 0.2) is 36.7 Å². The van der Waals surface area contributed by atoms with Crippen molar-refractivity contribution in [2.45, 2.75) is 12.5 Å². The molecule has 102 valence electrons.